The smallest absolute Gasteiger partial charge is 0.344 e. The molecule has 0 saturated carbocycles. The van der Waals surface area contributed by atoms with Crippen LogP contribution in [0.2, 0.25) is 0 Å². The van der Waals surface area contributed by atoms with Crippen LogP contribution in [0, 0.1) is 0 Å². The number of ether oxygens (including phenoxy) is 1. The Hall–Kier alpha value is -2.65. The van der Waals surface area contributed by atoms with Crippen molar-refractivity contribution in [3.8, 4) is 11.7 Å². The minimum Gasteiger partial charge on any atom is -0.609 e. The zero-order valence-corrected chi connectivity index (χ0v) is 15.7. The van der Waals surface area contributed by atoms with E-state index in [2.05, 4.69) is 21.0 Å². The van der Waals surface area contributed by atoms with E-state index in [0.29, 0.717) is 35.9 Å². The second-order valence-electron chi connectivity index (χ2n) is 6.19. The summed E-state index contributed by atoms with van der Waals surface area (Å²) < 4.78 is 20.8. The average Bonchev–Trinajstić information content (AvgIpc) is 2.95. The Labute approximate surface area is 158 Å². The molecule has 8 nitrogen and oxygen atoms in total. The summed E-state index contributed by atoms with van der Waals surface area (Å²) in [4.78, 5) is 25.9. The van der Waals surface area contributed by atoms with E-state index in [-0.39, 0.29) is 10.7 Å². The van der Waals surface area contributed by atoms with Crippen LogP contribution >= 0.6 is 0 Å². The molecular formula is C18H19N5O3S. The van der Waals surface area contributed by atoms with Gasteiger partial charge >= 0.3 is 5.16 Å². The van der Waals surface area contributed by atoms with Crippen molar-refractivity contribution in [3.05, 3.63) is 46.9 Å². The molecule has 0 radical (unpaired) electrons. The first kappa shape index (κ1) is 17.7. The van der Waals surface area contributed by atoms with Gasteiger partial charge in [0.1, 0.15) is 11.6 Å². The van der Waals surface area contributed by atoms with Crippen molar-refractivity contribution in [2.24, 2.45) is 0 Å². The van der Waals surface area contributed by atoms with E-state index < -0.39 is 11.2 Å². The van der Waals surface area contributed by atoms with E-state index in [1.54, 1.807) is 21.5 Å². The molecule has 4 heterocycles. The summed E-state index contributed by atoms with van der Waals surface area (Å²) in [6.07, 6.45) is 9.82. The van der Waals surface area contributed by atoms with Crippen LogP contribution < -0.4 is 10.3 Å². The summed E-state index contributed by atoms with van der Waals surface area (Å²) in [5.74, 6) is 1.01. The fraction of sp³-hybridized carbons (Fsp3) is 0.333. The van der Waals surface area contributed by atoms with Crippen molar-refractivity contribution in [1.29, 1.82) is 0 Å². The summed E-state index contributed by atoms with van der Waals surface area (Å²) in [5, 5.41) is 0.534. The van der Waals surface area contributed by atoms with Crippen molar-refractivity contribution in [2.75, 3.05) is 12.9 Å². The lowest BCUT2D eigenvalue weighted by atomic mass is 10.2. The van der Waals surface area contributed by atoms with Crippen molar-refractivity contribution in [3.63, 3.8) is 0 Å². The number of fused-ring (bicyclic) bond motifs is 6. The van der Waals surface area contributed by atoms with Gasteiger partial charge in [-0.05, 0) is 25.3 Å². The zero-order valence-electron chi connectivity index (χ0n) is 14.9. The van der Waals surface area contributed by atoms with Crippen LogP contribution in [0.4, 0.5) is 0 Å². The highest BCUT2D eigenvalue weighted by Crippen LogP contribution is 2.18. The third-order valence-electron chi connectivity index (χ3n) is 4.30. The third-order valence-corrected chi connectivity index (χ3v) is 5.01. The molecule has 0 aromatic carbocycles. The van der Waals surface area contributed by atoms with Crippen LogP contribution in [0.3, 0.4) is 0 Å². The van der Waals surface area contributed by atoms with E-state index in [4.69, 9.17) is 4.74 Å². The van der Waals surface area contributed by atoms with Gasteiger partial charge in [-0.3, -0.25) is 4.79 Å². The maximum absolute atomic E-state index is 12.9. The number of hydrogen-bond donors (Lipinski definition) is 0. The van der Waals surface area contributed by atoms with Crippen LogP contribution in [0.25, 0.3) is 16.9 Å². The molecule has 1 atom stereocenters. The molecule has 4 rings (SSSR count). The Bertz CT molecular complexity index is 1060. The van der Waals surface area contributed by atoms with Crippen LogP contribution in [0.5, 0.6) is 5.88 Å². The van der Waals surface area contributed by atoms with Crippen molar-refractivity contribution < 1.29 is 9.29 Å². The predicted molar refractivity (Wildman–Crippen MR) is 102 cm³/mol. The average molecular weight is 385 g/mol. The Morgan fingerprint density at radius 2 is 2.11 bits per heavy atom. The van der Waals surface area contributed by atoms with Crippen molar-refractivity contribution in [2.45, 2.75) is 31.0 Å². The molecule has 3 aromatic rings. The first-order chi connectivity index (χ1) is 13.1. The molecule has 0 amide bonds. The third kappa shape index (κ3) is 3.47. The van der Waals surface area contributed by atoms with Gasteiger partial charge in [0.25, 0.3) is 5.56 Å². The van der Waals surface area contributed by atoms with Gasteiger partial charge in [0, 0.05) is 17.2 Å². The Kier molecular flexibility index (Phi) is 4.95. The zero-order chi connectivity index (χ0) is 18.8. The van der Waals surface area contributed by atoms with Crippen LogP contribution in [0.1, 0.15) is 19.3 Å². The van der Waals surface area contributed by atoms with Gasteiger partial charge in [0.05, 0.1) is 19.3 Å². The summed E-state index contributed by atoms with van der Waals surface area (Å²) in [6, 6.07) is 5.40. The largest absolute Gasteiger partial charge is 0.609 e. The highest BCUT2D eigenvalue weighted by Gasteiger charge is 2.20. The van der Waals surface area contributed by atoms with Gasteiger partial charge in [-0.2, -0.15) is 15.0 Å². The van der Waals surface area contributed by atoms with E-state index in [0.717, 1.165) is 19.3 Å². The predicted octanol–water partition coefficient (Wildman–Crippen LogP) is 1.83. The molecule has 3 aromatic heterocycles. The van der Waals surface area contributed by atoms with Gasteiger partial charge in [-0.15, -0.1) is 0 Å². The van der Waals surface area contributed by atoms with Gasteiger partial charge in [-0.1, -0.05) is 18.2 Å². The molecule has 140 valence electrons. The van der Waals surface area contributed by atoms with Crippen LogP contribution in [-0.2, 0) is 17.7 Å². The summed E-state index contributed by atoms with van der Waals surface area (Å²) in [7, 11) is 0. The number of hydrogen-bond acceptors (Lipinski definition) is 6. The SMILES string of the molecule is C[S+]([O-])c1ncc2c(=O)n3n(c2n1)-c1cccc(n1)OCCCC/C=C/C3. The van der Waals surface area contributed by atoms with Gasteiger partial charge in [0.2, 0.25) is 5.88 Å². The molecule has 2 bridgehead atoms. The second-order valence-corrected chi connectivity index (χ2v) is 7.47. The fourth-order valence-corrected chi connectivity index (χ4v) is 3.40. The molecule has 0 fully saturated rings. The summed E-state index contributed by atoms with van der Waals surface area (Å²) in [5.41, 5.74) is 0.166. The highest BCUT2D eigenvalue weighted by atomic mass is 32.2. The Balaban J connectivity index is 1.98. The molecule has 0 N–H and O–H groups in total. The standard InChI is InChI=1S/C18H19N5O3S/c1-27(25)18-19-12-13-16(21-18)23-14-8-7-9-15(20-14)26-11-6-4-2-3-5-10-22(23)17(13)24/h3,5,7-9,12H,2,4,6,10-11H2,1H3/b5-3+. The molecule has 1 aliphatic heterocycles. The topological polar surface area (TPSA) is 97.9 Å². The number of allylic oxidation sites excluding steroid dienone is 2. The van der Waals surface area contributed by atoms with E-state index >= 15 is 0 Å². The number of aromatic nitrogens is 5. The maximum Gasteiger partial charge on any atom is 0.344 e. The normalized spacial score (nSPS) is 17.1. The Morgan fingerprint density at radius 3 is 2.96 bits per heavy atom. The highest BCUT2D eigenvalue weighted by molar-refractivity contribution is 7.90. The molecule has 1 unspecified atom stereocenters. The second kappa shape index (κ2) is 7.53. The van der Waals surface area contributed by atoms with Gasteiger partial charge in [0.15, 0.2) is 11.5 Å². The van der Waals surface area contributed by atoms with Crippen molar-refractivity contribution >= 4 is 22.2 Å². The first-order valence-electron chi connectivity index (χ1n) is 8.72. The minimum atomic E-state index is -1.36. The molecular weight excluding hydrogens is 366 g/mol. The number of nitrogens with zero attached hydrogens (tertiary/aromatic N) is 5. The number of pyridine rings is 1. The summed E-state index contributed by atoms with van der Waals surface area (Å²) in [6.45, 7) is 0.969. The molecule has 1 aliphatic rings. The lowest BCUT2D eigenvalue weighted by Gasteiger charge is -2.11. The lowest BCUT2D eigenvalue weighted by molar-refractivity contribution is 0.295. The van der Waals surface area contributed by atoms with E-state index in [1.165, 1.54) is 12.5 Å². The first-order valence-corrected chi connectivity index (χ1v) is 10.3. The monoisotopic (exact) mass is 385 g/mol. The summed E-state index contributed by atoms with van der Waals surface area (Å²) >= 11 is -1.36. The molecule has 9 heteroatoms. The van der Waals surface area contributed by atoms with Gasteiger partial charge < -0.3 is 9.29 Å². The van der Waals surface area contributed by atoms with Gasteiger partial charge in [-0.25, -0.2) is 9.36 Å². The Morgan fingerprint density at radius 1 is 1.22 bits per heavy atom. The van der Waals surface area contributed by atoms with E-state index in [1.807, 2.05) is 12.1 Å². The lowest BCUT2D eigenvalue weighted by Crippen LogP contribution is -2.22. The number of rotatable bonds is 1. The fourth-order valence-electron chi connectivity index (χ4n) is 2.98. The van der Waals surface area contributed by atoms with Crippen LogP contribution in [-0.4, -0.2) is 41.7 Å². The maximum atomic E-state index is 12.9. The minimum absolute atomic E-state index is 0.175. The molecule has 0 saturated heterocycles. The molecule has 0 spiro atoms. The quantitative estimate of drug-likeness (QED) is 0.360. The van der Waals surface area contributed by atoms with Crippen molar-refractivity contribution in [1.82, 2.24) is 24.3 Å². The van der Waals surface area contributed by atoms with E-state index in [9.17, 15) is 9.35 Å². The van der Waals surface area contributed by atoms with Crippen LogP contribution in [0.15, 0.2) is 46.5 Å². The molecule has 27 heavy (non-hydrogen) atoms. The molecule has 0 aliphatic carbocycles.